The summed E-state index contributed by atoms with van der Waals surface area (Å²) in [4.78, 5) is 25.3. The van der Waals surface area contributed by atoms with E-state index >= 15 is 0 Å². The number of para-hydroxylation sites is 1. The van der Waals surface area contributed by atoms with Gasteiger partial charge in [0.1, 0.15) is 6.04 Å². The number of benzene rings is 1. The van der Waals surface area contributed by atoms with Gasteiger partial charge in [-0.25, -0.2) is 0 Å². The summed E-state index contributed by atoms with van der Waals surface area (Å²) in [6.45, 7) is 4.53. The van der Waals surface area contributed by atoms with Crippen LogP contribution < -0.4 is 5.32 Å². The first-order chi connectivity index (χ1) is 9.49. The Hall–Kier alpha value is -1.88. The lowest BCUT2D eigenvalue weighted by Gasteiger charge is -2.21. The number of ether oxygens (including phenoxy) is 1. The van der Waals surface area contributed by atoms with Crippen LogP contribution in [0.4, 0.5) is 5.69 Å². The van der Waals surface area contributed by atoms with E-state index in [0.717, 1.165) is 16.8 Å². The lowest BCUT2D eigenvalue weighted by Crippen LogP contribution is -2.40. The number of carbonyl (C=O) groups is 2. The third kappa shape index (κ3) is 3.17. The Morgan fingerprint density at radius 1 is 1.40 bits per heavy atom. The van der Waals surface area contributed by atoms with Crippen molar-refractivity contribution >= 4 is 17.6 Å². The molecule has 1 atom stereocenters. The highest BCUT2D eigenvalue weighted by atomic mass is 16.5. The summed E-state index contributed by atoms with van der Waals surface area (Å²) < 4.78 is 4.91. The van der Waals surface area contributed by atoms with Gasteiger partial charge in [0.25, 0.3) is 0 Å². The van der Waals surface area contributed by atoms with Crippen LogP contribution in [0.3, 0.4) is 0 Å². The first-order valence-electron chi connectivity index (χ1n) is 6.72. The fourth-order valence-corrected chi connectivity index (χ4v) is 2.41. The molecule has 1 aromatic rings. The fraction of sp³-hybridized carbons (Fsp3) is 0.467. The van der Waals surface area contributed by atoms with Gasteiger partial charge in [-0.3, -0.25) is 14.5 Å². The highest BCUT2D eigenvalue weighted by Gasteiger charge is 2.31. The Morgan fingerprint density at radius 2 is 2.05 bits per heavy atom. The zero-order chi connectivity index (χ0) is 14.7. The third-order valence-corrected chi connectivity index (χ3v) is 3.58. The van der Waals surface area contributed by atoms with Crippen molar-refractivity contribution in [1.82, 2.24) is 4.90 Å². The molecule has 1 fully saturated rings. The fourth-order valence-electron chi connectivity index (χ4n) is 2.41. The number of amides is 1. The van der Waals surface area contributed by atoms with Crippen LogP contribution in [0.25, 0.3) is 0 Å². The van der Waals surface area contributed by atoms with Crippen molar-refractivity contribution in [1.29, 1.82) is 0 Å². The maximum absolute atomic E-state index is 12.1. The molecular formula is C15H20N2O3. The largest absolute Gasteiger partial charge is 0.464 e. The SMILES string of the molecule is Cc1cccc(C)c1NC(=O)CN(C)[C@H]1CCOC1=O. The van der Waals surface area contributed by atoms with Gasteiger partial charge >= 0.3 is 5.97 Å². The summed E-state index contributed by atoms with van der Waals surface area (Å²) >= 11 is 0. The molecular weight excluding hydrogens is 256 g/mol. The summed E-state index contributed by atoms with van der Waals surface area (Å²) in [5.74, 6) is -0.364. The summed E-state index contributed by atoms with van der Waals surface area (Å²) in [5, 5.41) is 2.91. The summed E-state index contributed by atoms with van der Waals surface area (Å²) in [6.07, 6.45) is 0.645. The molecule has 0 spiro atoms. The van der Waals surface area contributed by atoms with E-state index in [2.05, 4.69) is 5.32 Å². The monoisotopic (exact) mass is 276 g/mol. The van der Waals surface area contributed by atoms with Gasteiger partial charge in [0, 0.05) is 12.1 Å². The van der Waals surface area contributed by atoms with Gasteiger partial charge in [-0.05, 0) is 32.0 Å². The van der Waals surface area contributed by atoms with Crippen molar-refractivity contribution in [2.45, 2.75) is 26.3 Å². The molecule has 1 amide bonds. The number of carbonyl (C=O) groups excluding carboxylic acids is 2. The van der Waals surface area contributed by atoms with Crippen LogP contribution in [-0.4, -0.2) is 43.0 Å². The van der Waals surface area contributed by atoms with E-state index in [1.54, 1.807) is 11.9 Å². The van der Waals surface area contributed by atoms with E-state index in [1.165, 1.54) is 0 Å². The quantitative estimate of drug-likeness (QED) is 0.846. The third-order valence-electron chi connectivity index (χ3n) is 3.58. The van der Waals surface area contributed by atoms with Gasteiger partial charge in [-0.2, -0.15) is 0 Å². The molecule has 0 radical (unpaired) electrons. The normalized spacial score (nSPS) is 18.2. The van der Waals surface area contributed by atoms with E-state index in [9.17, 15) is 9.59 Å². The predicted octanol–water partition coefficient (Wildman–Crippen LogP) is 1.49. The topological polar surface area (TPSA) is 58.6 Å². The zero-order valence-corrected chi connectivity index (χ0v) is 12.1. The molecule has 0 saturated carbocycles. The Kier molecular flexibility index (Phi) is 4.39. The minimum Gasteiger partial charge on any atom is -0.464 e. The van der Waals surface area contributed by atoms with Crippen LogP contribution in [0.5, 0.6) is 0 Å². The number of rotatable bonds is 4. The average Bonchev–Trinajstić information content (AvgIpc) is 2.80. The zero-order valence-electron chi connectivity index (χ0n) is 12.1. The van der Waals surface area contributed by atoms with E-state index in [1.807, 2.05) is 32.0 Å². The molecule has 1 heterocycles. The van der Waals surface area contributed by atoms with E-state index in [4.69, 9.17) is 4.74 Å². The molecule has 5 nitrogen and oxygen atoms in total. The second kappa shape index (κ2) is 6.05. The van der Waals surface area contributed by atoms with Crippen LogP contribution in [0.15, 0.2) is 18.2 Å². The number of nitrogens with zero attached hydrogens (tertiary/aromatic N) is 1. The van der Waals surface area contributed by atoms with Crippen molar-refractivity contribution < 1.29 is 14.3 Å². The first kappa shape index (κ1) is 14.5. The van der Waals surface area contributed by atoms with Crippen LogP contribution in [-0.2, 0) is 14.3 Å². The molecule has 1 saturated heterocycles. The number of esters is 1. The number of hydrogen-bond acceptors (Lipinski definition) is 4. The molecule has 20 heavy (non-hydrogen) atoms. The van der Waals surface area contributed by atoms with Gasteiger partial charge in [0.05, 0.1) is 13.2 Å². The van der Waals surface area contributed by atoms with Crippen molar-refractivity contribution in [2.75, 3.05) is 25.5 Å². The standard InChI is InChI=1S/C15H20N2O3/c1-10-5-4-6-11(2)14(10)16-13(18)9-17(3)12-7-8-20-15(12)19/h4-6,12H,7-9H2,1-3H3,(H,16,18)/t12-/m0/s1. The number of hydrogen-bond donors (Lipinski definition) is 1. The number of cyclic esters (lactones) is 1. The molecule has 0 unspecified atom stereocenters. The van der Waals surface area contributed by atoms with Gasteiger partial charge < -0.3 is 10.1 Å². The maximum Gasteiger partial charge on any atom is 0.323 e. The molecule has 0 aromatic heterocycles. The number of likely N-dealkylation sites (N-methyl/N-ethyl adjacent to an activating group) is 1. The highest BCUT2D eigenvalue weighted by Crippen LogP contribution is 2.19. The summed E-state index contributed by atoms with van der Waals surface area (Å²) in [7, 11) is 1.77. The molecule has 1 N–H and O–H groups in total. The van der Waals surface area contributed by atoms with Gasteiger partial charge in [-0.15, -0.1) is 0 Å². The second-order valence-corrected chi connectivity index (χ2v) is 5.20. The molecule has 108 valence electrons. The predicted molar refractivity (Wildman–Crippen MR) is 76.5 cm³/mol. The molecule has 1 aromatic carbocycles. The number of aryl methyl sites for hydroxylation is 2. The average molecular weight is 276 g/mol. The molecule has 1 aliphatic heterocycles. The van der Waals surface area contributed by atoms with Crippen molar-refractivity contribution in [3.63, 3.8) is 0 Å². The lowest BCUT2D eigenvalue weighted by molar-refractivity contribution is -0.142. The Balaban J connectivity index is 1.97. The van der Waals surface area contributed by atoms with Crippen LogP contribution >= 0.6 is 0 Å². The second-order valence-electron chi connectivity index (χ2n) is 5.20. The van der Waals surface area contributed by atoms with Gasteiger partial charge in [0.15, 0.2) is 0 Å². The first-order valence-corrected chi connectivity index (χ1v) is 6.72. The van der Waals surface area contributed by atoms with Gasteiger partial charge in [-0.1, -0.05) is 18.2 Å². The molecule has 0 aliphatic carbocycles. The van der Waals surface area contributed by atoms with Crippen molar-refractivity contribution in [3.8, 4) is 0 Å². The minimum absolute atomic E-state index is 0.121. The smallest absolute Gasteiger partial charge is 0.323 e. The molecule has 2 rings (SSSR count). The molecule has 1 aliphatic rings. The maximum atomic E-state index is 12.1. The van der Waals surface area contributed by atoms with Crippen molar-refractivity contribution in [2.24, 2.45) is 0 Å². The Bertz CT molecular complexity index is 508. The number of anilines is 1. The van der Waals surface area contributed by atoms with E-state index < -0.39 is 0 Å². The van der Waals surface area contributed by atoms with Gasteiger partial charge in [0.2, 0.25) is 5.91 Å². The minimum atomic E-state index is -0.307. The van der Waals surface area contributed by atoms with E-state index in [0.29, 0.717) is 13.0 Å². The Labute approximate surface area is 118 Å². The van der Waals surface area contributed by atoms with Crippen LogP contribution in [0, 0.1) is 13.8 Å². The van der Waals surface area contributed by atoms with Crippen LogP contribution in [0.2, 0.25) is 0 Å². The summed E-state index contributed by atoms with van der Waals surface area (Å²) in [6, 6.07) is 5.57. The van der Waals surface area contributed by atoms with Crippen molar-refractivity contribution in [3.05, 3.63) is 29.3 Å². The highest BCUT2D eigenvalue weighted by molar-refractivity contribution is 5.94. The van der Waals surface area contributed by atoms with E-state index in [-0.39, 0.29) is 24.5 Å². The Morgan fingerprint density at radius 3 is 2.60 bits per heavy atom. The lowest BCUT2D eigenvalue weighted by atomic mass is 10.1. The van der Waals surface area contributed by atoms with Crippen LogP contribution in [0.1, 0.15) is 17.5 Å². The molecule has 5 heteroatoms. The number of nitrogens with one attached hydrogen (secondary N) is 1. The summed E-state index contributed by atoms with van der Waals surface area (Å²) in [5.41, 5.74) is 2.91. The molecule has 0 bridgehead atoms.